The second-order valence-corrected chi connectivity index (χ2v) is 8.10. The Morgan fingerprint density at radius 3 is 2.44 bits per heavy atom. The van der Waals surface area contributed by atoms with E-state index in [0.29, 0.717) is 13.2 Å². The number of ether oxygens (including phenoxy) is 4. The molecule has 27 heavy (non-hydrogen) atoms. The summed E-state index contributed by atoms with van der Waals surface area (Å²) >= 11 is 0. The average molecular weight is 413 g/mol. The summed E-state index contributed by atoms with van der Waals surface area (Å²) in [6.45, 7) is 5.69. The third-order valence-corrected chi connectivity index (χ3v) is 4.75. The number of rotatable bonds is 16. The SMILES string of the molecule is CCCCCCCCCOCC1CCOC(C)(COCCOS(=O)(=O)O)O1. The van der Waals surface area contributed by atoms with Gasteiger partial charge >= 0.3 is 10.4 Å². The lowest BCUT2D eigenvalue weighted by atomic mass is 10.1. The fourth-order valence-corrected chi connectivity index (χ4v) is 3.16. The zero-order valence-electron chi connectivity index (χ0n) is 16.7. The molecular weight excluding hydrogens is 376 g/mol. The molecule has 8 nitrogen and oxygen atoms in total. The van der Waals surface area contributed by atoms with E-state index in [-0.39, 0.29) is 25.9 Å². The summed E-state index contributed by atoms with van der Waals surface area (Å²) in [4.78, 5) is 0. The molecule has 1 fully saturated rings. The Hall–Kier alpha value is -0.290. The summed E-state index contributed by atoms with van der Waals surface area (Å²) in [6, 6.07) is 0. The molecule has 1 rings (SSSR count). The standard InChI is InChI=1S/C18H36O8S/c1-3-4-5-6-7-8-9-11-22-15-17-10-12-24-18(2,26-17)16-23-13-14-25-27(19,20)21/h17H,3-16H2,1-2H3,(H,19,20,21). The summed E-state index contributed by atoms with van der Waals surface area (Å²) < 4.78 is 56.1. The molecule has 2 atom stereocenters. The molecule has 0 aromatic rings. The van der Waals surface area contributed by atoms with Gasteiger partial charge in [0.1, 0.15) is 6.61 Å². The first-order valence-corrected chi connectivity index (χ1v) is 11.3. The van der Waals surface area contributed by atoms with Gasteiger partial charge in [-0.05, 0) is 19.8 Å². The van der Waals surface area contributed by atoms with Gasteiger partial charge in [0.2, 0.25) is 0 Å². The molecule has 0 radical (unpaired) electrons. The van der Waals surface area contributed by atoms with Crippen molar-refractivity contribution in [3.05, 3.63) is 0 Å². The van der Waals surface area contributed by atoms with E-state index in [0.717, 1.165) is 19.4 Å². The maximum absolute atomic E-state index is 10.4. The molecule has 0 aliphatic carbocycles. The van der Waals surface area contributed by atoms with Crippen molar-refractivity contribution in [3.63, 3.8) is 0 Å². The van der Waals surface area contributed by atoms with E-state index >= 15 is 0 Å². The fraction of sp³-hybridized carbons (Fsp3) is 1.00. The molecule has 2 unspecified atom stereocenters. The van der Waals surface area contributed by atoms with Crippen molar-refractivity contribution in [1.82, 2.24) is 0 Å². The Kier molecular flexibility index (Phi) is 12.7. The lowest BCUT2D eigenvalue weighted by molar-refractivity contribution is -0.306. The Morgan fingerprint density at radius 1 is 1.04 bits per heavy atom. The first-order valence-electron chi connectivity index (χ1n) is 9.94. The Bertz CT molecular complexity index is 470. The monoisotopic (exact) mass is 412 g/mol. The maximum Gasteiger partial charge on any atom is 0.397 e. The first kappa shape index (κ1) is 24.7. The van der Waals surface area contributed by atoms with E-state index in [1.807, 2.05) is 0 Å². The van der Waals surface area contributed by atoms with Crippen molar-refractivity contribution >= 4 is 10.4 Å². The van der Waals surface area contributed by atoms with Gasteiger partial charge in [-0.25, -0.2) is 4.18 Å². The fourth-order valence-electron chi connectivity index (χ4n) is 2.88. The highest BCUT2D eigenvalue weighted by Gasteiger charge is 2.34. The van der Waals surface area contributed by atoms with Gasteiger partial charge in [0.05, 0.1) is 32.5 Å². The third kappa shape index (κ3) is 13.5. The third-order valence-electron chi connectivity index (χ3n) is 4.28. The second kappa shape index (κ2) is 13.8. The van der Waals surface area contributed by atoms with Crippen LogP contribution in [0.5, 0.6) is 0 Å². The summed E-state index contributed by atoms with van der Waals surface area (Å²) in [6.07, 6.45) is 9.50. The molecule has 1 aliphatic heterocycles. The smallest absolute Gasteiger partial charge is 0.379 e. The van der Waals surface area contributed by atoms with E-state index in [4.69, 9.17) is 23.5 Å². The summed E-state index contributed by atoms with van der Waals surface area (Å²) in [5.41, 5.74) is 0. The molecule has 1 saturated heterocycles. The zero-order chi connectivity index (χ0) is 20.0. The lowest BCUT2D eigenvalue weighted by Crippen LogP contribution is -2.47. The molecular formula is C18H36O8S. The van der Waals surface area contributed by atoms with E-state index in [2.05, 4.69) is 11.1 Å². The minimum Gasteiger partial charge on any atom is -0.379 e. The highest BCUT2D eigenvalue weighted by molar-refractivity contribution is 7.80. The van der Waals surface area contributed by atoms with Gasteiger partial charge < -0.3 is 18.9 Å². The van der Waals surface area contributed by atoms with Gasteiger partial charge in [-0.3, -0.25) is 4.55 Å². The van der Waals surface area contributed by atoms with Crippen LogP contribution in [0.15, 0.2) is 0 Å². The topological polar surface area (TPSA) is 101 Å². The molecule has 162 valence electrons. The van der Waals surface area contributed by atoms with Crippen molar-refractivity contribution < 1.29 is 36.1 Å². The van der Waals surface area contributed by atoms with Gasteiger partial charge in [-0.15, -0.1) is 0 Å². The van der Waals surface area contributed by atoms with Crippen molar-refractivity contribution in [1.29, 1.82) is 0 Å². The first-order chi connectivity index (χ1) is 12.8. The molecule has 0 saturated carbocycles. The molecule has 0 aromatic carbocycles. The summed E-state index contributed by atoms with van der Waals surface area (Å²) in [5, 5.41) is 0. The van der Waals surface area contributed by atoms with Crippen LogP contribution >= 0.6 is 0 Å². The van der Waals surface area contributed by atoms with Crippen molar-refractivity contribution in [2.45, 2.75) is 77.1 Å². The van der Waals surface area contributed by atoms with Gasteiger partial charge in [0.25, 0.3) is 0 Å². The van der Waals surface area contributed by atoms with Gasteiger partial charge in [0, 0.05) is 6.61 Å². The average Bonchev–Trinajstić information content (AvgIpc) is 2.59. The van der Waals surface area contributed by atoms with Gasteiger partial charge in [-0.1, -0.05) is 45.4 Å². The Balaban J connectivity index is 2.07. The Morgan fingerprint density at radius 2 is 1.74 bits per heavy atom. The van der Waals surface area contributed by atoms with Crippen LogP contribution in [0.3, 0.4) is 0 Å². The molecule has 0 bridgehead atoms. The van der Waals surface area contributed by atoms with Crippen LogP contribution in [0, 0.1) is 0 Å². The molecule has 1 heterocycles. The van der Waals surface area contributed by atoms with Crippen LogP contribution in [-0.4, -0.2) is 64.5 Å². The van der Waals surface area contributed by atoms with Gasteiger partial charge in [0.15, 0.2) is 5.79 Å². The van der Waals surface area contributed by atoms with E-state index in [1.54, 1.807) is 6.92 Å². The highest BCUT2D eigenvalue weighted by atomic mass is 32.3. The van der Waals surface area contributed by atoms with E-state index in [9.17, 15) is 8.42 Å². The minimum atomic E-state index is -4.44. The second-order valence-electron chi connectivity index (χ2n) is 7.01. The van der Waals surface area contributed by atoms with Crippen molar-refractivity contribution in [2.75, 3.05) is 39.6 Å². The van der Waals surface area contributed by atoms with Crippen LogP contribution in [0.4, 0.5) is 0 Å². The normalized spacial score (nSPS) is 23.6. The number of unbranched alkanes of at least 4 members (excludes halogenated alkanes) is 6. The van der Waals surface area contributed by atoms with E-state index < -0.39 is 16.2 Å². The highest BCUT2D eigenvalue weighted by Crippen LogP contribution is 2.23. The Labute approximate surface area is 163 Å². The van der Waals surface area contributed by atoms with Crippen LogP contribution in [-0.2, 0) is 33.5 Å². The molecule has 1 N–H and O–H groups in total. The van der Waals surface area contributed by atoms with Crippen molar-refractivity contribution in [3.8, 4) is 0 Å². The van der Waals surface area contributed by atoms with Gasteiger partial charge in [-0.2, -0.15) is 8.42 Å². The van der Waals surface area contributed by atoms with E-state index in [1.165, 1.54) is 38.5 Å². The van der Waals surface area contributed by atoms with Crippen LogP contribution in [0.25, 0.3) is 0 Å². The van der Waals surface area contributed by atoms with Crippen LogP contribution in [0.1, 0.15) is 65.2 Å². The minimum absolute atomic E-state index is 0.00151. The molecule has 0 aromatic heterocycles. The number of hydrogen-bond donors (Lipinski definition) is 1. The summed E-state index contributed by atoms with van der Waals surface area (Å²) in [5.74, 6) is -0.899. The largest absolute Gasteiger partial charge is 0.397 e. The summed E-state index contributed by atoms with van der Waals surface area (Å²) in [7, 11) is -4.44. The van der Waals surface area contributed by atoms with Crippen LogP contribution in [0.2, 0.25) is 0 Å². The van der Waals surface area contributed by atoms with Crippen LogP contribution < -0.4 is 0 Å². The number of hydrogen-bond acceptors (Lipinski definition) is 7. The van der Waals surface area contributed by atoms with Crippen molar-refractivity contribution in [2.24, 2.45) is 0 Å². The zero-order valence-corrected chi connectivity index (χ0v) is 17.5. The predicted octanol–water partition coefficient (Wildman–Crippen LogP) is 3.11. The quantitative estimate of drug-likeness (QED) is 0.305. The molecule has 0 spiro atoms. The molecule has 0 amide bonds. The lowest BCUT2D eigenvalue weighted by Gasteiger charge is -2.38. The molecule has 1 aliphatic rings. The predicted molar refractivity (Wildman–Crippen MR) is 101 cm³/mol. The molecule has 9 heteroatoms. The maximum atomic E-state index is 10.4.